The Kier molecular flexibility index (Phi) is 6.05. The normalized spacial score (nSPS) is 11.7. The van der Waals surface area contributed by atoms with Crippen molar-refractivity contribution in [2.24, 2.45) is 0 Å². The van der Waals surface area contributed by atoms with Crippen LogP contribution in [0.3, 0.4) is 0 Å². The highest BCUT2D eigenvalue weighted by Gasteiger charge is 2.11. The fraction of sp³-hybridized carbons (Fsp3) is 0.353. The maximum absolute atomic E-state index is 10.1. The molecule has 1 unspecified atom stereocenters. The minimum Gasteiger partial charge on any atom is -0.497 e. The van der Waals surface area contributed by atoms with Crippen LogP contribution in [-0.2, 0) is 0 Å². The molecular weight excluding hydrogens is 296 g/mol. The summed E-state index contributed by atoms with van der Waals surface area (Å²) in [5.41, 5.74) is 0. The molecule has 0 aliphatic carbocycles. The highest BCUT2D eigenvalue weighted by molar-refractivity contribution is 5.39. The van der Waals surface area contributed by atoms with Crippen molar-refractivity contribution in [2.75, 3.05) is 39.3 Å². The maximum atomic E-state index is 10.1. The van der Waals surface area contributed by atoms with Crippen LogP contribution in [0.1, 0.15) is 0 Å². The summed E-state index contributed by atoms with van der Waals surface area (Å²) in [4.78, 5) is 6.17. The molecule has 0 aliphatic heterocycles. The first-order chi connectivity index (χ1) is 11.1. The highest BCUT2D eigenvalue weighted by atomic mass is 16.5. The second-order valence-electron chi connectivity index (χ2n) is 5.06. The number of likely N-dealkylation sites (N-methyl/N-ethyl adjacent to an activating group) is 1. The van der Waals surface area contributed by atoms with Crippen molar-refractivity contribution in [3.8, 4) is 17.4 Å². The number of aliphatic hydroxyl groups is 1. The molecule has 6 heteroatoms. The summed E-state index contributed by atoms with van der Waals surface area (Å²) >= 11 is 0. The van der Waals surface area contributed by atoms with E-state index in [0.717, 1.165) is 11.6 Å². The lowest BCUT2D eigenvalue weighted by Gasteiger charge is -2.22. The van der Waals surface area contributed by atoms with Crippen molar-refractivity contribution < 1.29 is 19.3 Å². The first-order valence-corrected chi connectivity index (χ1v) is 7.29. The molecule has 0 saturated carbocycles. The van der Waals surface area contributed by atoms with Gasteiger partial charge in [0.05, 0.1) is 14.2 Å². The van der Waals surface area contributed by atoms with Crippen molar-refractivity contribution in [1.29, 1.82) is 0 Å². The Morgan fingerprint density at radius 1 is 1.04 bits per heavy atom. The molecule has 0 aliphatic rings. The standard InChI is InChI=1S/C17H22N2O4/c1-19(16-5-4-6-17(18-16)22-3)11-13(20)12-23-15-9-7-14(21-2)8-10-15/h4-10,13,20H,11-12H2,1-3H3. The van der Waals surface area contributed by atoms with E-state index in [9.17, 15) is 5.11 Å². The van der Waals surface area contributed by atoms with Gasteiger partial charge in [0.2, 0.25) is 5.88 Å². The molecule has 0 fully saturated rings. The van der Waals surface area contributed by atoms with Crippen LogP contribution in [0.4, 0.5) is 5.82 Å². The Labute approximate surface area is 136 Å². The molecule has 124 valence electrons. The third kappa shape index (κ3) is 5.03. The number of aromatic nitrogens is 1. The summed E-state index contributed by atoms with van der Waals surface area (Å²) in [5.74, 6) is 2.72. The Bertz CT molecular complexity index is 604. The van der Waals surface area contributed by atoms with E-state index in [1.165, 1.54) is 0 Å². The van der Waals surface area contributed by atoms with E-state index in [1.54, 1.807) is 32.4 Å². The van der Waals surface area contributed by atoms with Crippen LogP contribution < -0.4 is 19.1 Å². The fourth-order valence-electron chi connectivity index (χ4n) is 2.06. The van der Waals surface area contributed by atoms with Gasteiger partial charge < -0.3 is 24.2 Å². The fourth-order valence-corrected chi connectivity index (χ4v) is 2.06. The van der Waals surface area contributed by atoms with Gasteiger partial charge in [-0.15, -0.1) is 0 Å². The van der Waals surface area contributed by atoms with Gasteiger partial charge in [-0.3, -0.25) is 0 Å². The third-order valence-electron chi connectivity index (χ3n) is 3.30. The van der Waals surface area contributed by atoms with Crippen LogP contribution in [0.15, 0.2) is 42.5 Å². The first-order valence-electron chi connectivity index (χ1n) is 7.29. The van der Waals surface area contributed by atoms with Gasteiger partial charge >= 0.3 is 0 Å². The number of ether oxygens (including phenoxy) is 3. The summed E-state index contributed by atoms with van der Waals surface area (Å²) in [6, 6.07) is 12.7. The molecular formula is C17H22N2O4. The van der Waals surface area contributed by atoms with E-state index in [4.69, 9.17) is 14.2 Å². The van der Waals surface area contributed by atoms with Gasteiger partial charge in [-0.05, 0) is 30.3 Å². The number of hydrogen-bond acceptors (Lipinski definition) is 6. The van der Waals surface area contributed by atoms with Crippen LogP contribution >= 0.6 is 0 Å². The molecule has 1 heterocycles. The zero-order valence-electron chi connectivity index (χ0n) is 13.6. The quantitative estimate of drug-likeness (QED) is 0.803. The van der Waals surface area contributed by atoms with Crippen molar-refractivity contribution in [1.82, 2.24) is 4.98 Å². The van der Waals surface area contributed by atoms with E-state index in [1.807, 2.05) is 36.2 Å². The summed E-state index contributed by atoms with van der Waals surface area (Å²) in [6.07, 6.45) is -0.643. The summed E-state index contributed by atoms with van der Waals surface area (Å²) in [7, 11) is 5.05. The molecule has 0 radical (unpaired) electrons. The average Bonchev–Trinajstić information content (AvgIpc) is 2.60. The van der Waals surface area contributed by atoms with Crippen LogP contribution in [0.5, 0.6) is 17.4 Å². The number of rotatable bonds is 8. The second-order valence-corrected chi connectivity index (χ2v) is 5.06. The lowest BCUT2D eigenvalue weighted by atomic mass is 10.3. The van der Waals surface area contributed by atoms with Gasteiger partial charge in [-0.25, -0.2) is 0 Å². The predicted molar refractivity (Wildman–Crippen MR) is 88.6 cm³/mol. The van der Waals surface area contributed by atoms with E-state index in [0.29, 0.717) is 18.2 Å². The Hall–Kier alpha value is -2.47. The van der Waals surface area contributed by atoms with Crippen molar-refractivity contribution in [2.45, 2.75) is 6.10 Å². The Balaban J connectivity index is 1.84. The van der Waals surface area contributed by atoms with Crippen LogP contribution in [0.2, 0.25) is 0 Å². The zero-order chi connectivity index (χ0) is 16.7. The SMILES string of the molecule is COc1ccc(OCC(O)CN(C)c2cccc(OC)n2)cc1. The number of anilines is 1. The van der Waals surface area contributed by atoms with E-state index in [-0.39, 0.29) is 6.61 Å². The van der Waals surface area contributed by atoms with Crippen molar-refractivity contribution >= 4 is 5.82 Å². The predicted octanol–water partition coefficient (Wildman–Crippen LogP) is 1.97. The molecule has 0 saturated heterocycles. The second kappa shape index (κ2) is 8.24. The average molecular weight is 318 g/mol. The van der Waals surface area contributed by atoms with Crippen LogP contribution in [0.25, 0.3) is 0 Å². The summed E-state index contributed by atoms with van der Waals surface area (Å²) in [5, 5.41) is 10.1. The van der Waals surface area contributed by atoms with Gasteiger partial charge in [-0.1, -0.05) is 6.07 Å². The maximum Gasteiger partial charge on any atom is 0.214 e. The summed E-state index contributed by atoms with van der Waals surface area (Å²) in [6.45, 7) is 0.594. The lowest BCUT2D eigenvalue weighted by Crippen LogP contribution is -2.33. The topological polar surface area (TPSA) is 64.0 Å². The number of methoxy groups -OCH3 is 2. The zero-order valence-corrected chi connectivity index (χ0v) is 13.6. The van der Waals surface area contributed by atoms with E-state index in [2.05, 4.69) is 4.98 Å². The van der Waals surface area contributed by atoms with Crippen LogP contribution in [0, 0.1) is 0 Å². The van der Waals surface area contributed by atoms with Gasteiger partial charge in [0.25, 0.3) is 0 Å². The Morgan fingerprint density at radius 2 is 1.74 bits per heavy atom. The summed E-state index contributed by atoms with van der Waals surface area (Å²) < 4.78 is 15.8. The number of aliphatic hydroxyl groups excluding tert-OH is 1. The van der Waals surface area contributed by atoms with Gasteiger partial charge in [0.15, 0.2) is 0 Å². The highest BCUT2D eigenvalue weighted by Crippen LogP contribution is 2.18. The molecule has 6 nitrogen and oxygen atoms in total. The van der Waals surface area contributed by atoms with E-state index < -0.39 is 6.10 Å². The molecule has 2 rings (SSSR count). The number of benzene rings is 1. The minimum absolute atomic E-state index is 0.195. The third-order valence-corrected chi connectivity index (χ3v) is 3.30. The number of pyridine rings is 1. The molecule has 2 aromatic rings. The van der Waals surface area contributed by atoms with Crippen molar-refractivity contribution in [3.63, 3.8) is 0 Å². The molecule has 0 bridgehead atoms. The molecule has 0 spiro atoms. The number of hydrogen-bond donors (Lipinski definition) is 1. The minimum atomic E-state index is -0.643. The Morgan fingerprint density at radius 3 is 2.39 bits per heavy atom. The number of nitrogens with zero attached hydrogens (tertiary/aromatic N) is 2. The smallest absolute Gasteiger partial charge is 0.214 e. The lowest BCUT2D eigenvalue weighted by molar-refractivity contribution is 0.113. The largest absolute Gasteiger partial charge is 0.497 e. The van der Waals surface area contributed by atoms with Crippen molar-refractivity contribution in [3.05, 3.63) is 42.5 Å². The molecule has 1 aromatic carbocycles. The molecule has 0 amide bonds. The molecule has 1 N–H and O–H groups in total. The van der Waals surface area contributed by atoms with E-state index >= 15 is 0 Å². The van der Waals surface area contributed by atoms with Gasteiger partial charge in [0, 0.05) is 19.7 Å². The first kappa shape index (κ1) is 16.9. The molecule has 1 aromatic heterocycles. The van der Waals surface area contributed by atoms with Gasteiger partial charge in [0.1, 0.15) is 30.0 Å². The molecule has 1 atom stereocenters. The molecule has 23 heavy (non-hydrogen) atoms. The van der Waals surface area contributed by atoms with Crippen LogP contribution in [-0.4, -0.2) is 50.6 Å². The monoisotopic (exact) mass is 318 g/mol. The van der Waals surface area contributed by atoms with Gasteiger partial charge in [-0.2, -0.15) is 4.98 Å².